The van der Waals surface area contributed by atoms with E-state index in [4.69, 9.17) is 9.47 Å². The minimum atomic E-state index is -0.165. The van der Waals surface area contributed by atoms with Gasteiger partial charge in [-0.3, -0.25) is 4.79 Å². The van der Waals surface area contributed by atoms with Crippen LogP contribution in [0.2, 0.25) is 0 Å². The Labute approximate surface area is 146 Å². The number of methoxy groups -OCH3 is 1. The van der Waals surface area contributed by atoms with Crippen molar-refractivity contribution in [3.63, 3.8) is 0 Å². The van der Waals surface area contributed by atoms with Gasteiger partial charge >= 0.3 is 0 Å². The molecule has 4 rings (SSSR count). The number of hydrogen-bond acceptors (Lipinski definition) is 4. The van der Waals surface area contributed by atoms with Gasteiger partial charge in [-0.25, -0.2) is 0 Å². The van der Waals surface area contributed by atoms with Crippen molar-refractivity contribution in [3.8, 4) is 11.5 Å². The number of aliphatic hydroxyl groups excluding tert-OH is 1. The van der Waals surface area contributed by atoms with Crippen LogP contribution in [0.1, 0.15) is 17.2 Å². The van der Waals surface area contributed by atoms with Crippen LogP contribution < -0.4 is 9.47 Å². The number of para-hydroxylation sites is 1. The summed E-state index contributed by atoms with van der Waals surface area (Å²) in [7, 11) is 1.62. The predicted octanol–water partition coefficient (Wildman–Crippen LogP) is 2.19. The van der Waals surface area contributed by atoms with E-state index < -0.39 is 0 Å². The van der Waals surface area contributed by atoms with E-state index in [0.29, 0.717) is 13.0 Å². The zero-order valence-corrected chi connectivity index (χ0v) is 14.1. The smallest absolute Gasteiger partial charge is 0.227 e. The quantitative estimate of drug-likeness (QED) is 0.928. The Hall–Kier alpha value is -2.53. The van der Waals surface area contributed by atoms with Gasteiger partial charge in [-0.1, -0.05) is 30.3 Å². The minimum absolute atomic E-state index is 0.0153. The van der Waals surface area contributed by atoms with Crippen LogP contribution >= 0.6 is 0 Å². The van der Waals surface area contributed by atoms with Gasteiger partial charge < -0.3 is 19.5 Å². The number of aliphatic hydroxyl groups is 1. The van der Waals surface area contributed by atoms with Crippen molar-refractivity contribution in [1.29, 1.82) is 0 Å². The Morgan fingerprint density at radius 3 is 2.72 bits per heavy atom. The number of ether oxygens (including phenoxy) is 2. The fraction of sp³-hybridized carbons (Fsp3) is 0.350. The van der Waals surface area contributed by atoms with Gasteiger partial charge in [0.25, 0.3) is 0 Å². The average molecular weight is 339 g/mol. The van der Waals surface area contributed by atoms with E-state index in [2.05, 4.69) is 0 Å². The van der Waals surface area contributed by atoms with Crippen LogP contribution in [0, 0.1) is 5.92 Å². The summed E-state index contributed by atoms with van der Waals surface area (Å²) in [6.45, 7) is 0.538. The Kier molecular flexibility index (Phi) is 4.09. The molecule has 2 heterocycles. The number of fused-ring (bicyclic) bond motifs is 3. The maximum Gasteiger partial charge on any atom is 0.227 e. The number of benzene rings is 2. The molecule has 1 amide bonds. The van der Waals surface area contributed by atoms with Crippen molar-refractivity contribution < 1.29 is 19.4 Å². The van der Waals surface area contributed by atoms with E-state index >= 15 is 0 Å². The molecule has 5 heteroatoms. The van der Waals surface area contributed by atoms with Crippen LogP contribution in [-0.4, -0.2) is 42.3 Å². The number of likely N-dealkylation sites (tertiary alicyclic amines) is 1. The second-order valence-electron chi connectivity index (χ2n) is 6.58. The monoisotopic (exact) mass is 339 g/mol. The average Bonchev–Trinajstić information content (AvgIpc) is 3.19. The van der Waals surface area contributed by atoms with E-state index in [-0.39, 0.29) is 30.6 Å². The highest BCUT2D eigenvalue weighted by molar-refractivity contribution is 5.80. The third kappa shape index (κ3) is 2.74. The molecule has 0 aliphatic carbocycles. The molecule has 0 aromatic heterocycles. The number of rotatable bonds is 4. The lowest BCUT2D eigenvalue weighted by Crippen LogP contribution is -2.33. The molecule has 2 aliphatic heterocycles. The van der Waals surface area contributed by atoms with Crippen LogP contribution in [-0.2, 0) is 11.2 Å². The van der Waals surface area contributed by atoms with E-state index in [9.17, 15) is 9.90 Å². The molecule has 2 aliphatic rings. The highest BCUT2D eigenvalue weighted by Gasteiger charge is 2.50. The summed E-state index contributed by atoms with van der Waals surface area (Å²) in [5, 5.41) is 9.71. The number of amides is 1. The first kappa shape index (κ1) is 16.0. The molecule has 3 atom stereocenters. The minimum Gasteiger partial charge on any atom is -0.497 e. The Balaban J connectivity index is 1.57. The molecule has 0 saturated carbocycles. The molecule has 2 aromatic rings. The van der Waals surface area contributed by atoms with Crippen LogP contribution in [0.15, 0.2) is 48.5 Å². The number of carbonyl (C=O) groups is 1. The molecule has 1 saturated heterocycles. The molecule has 25 heavy (non-hydrogen) atoms. The Morgan fingerprint density at radius 1 is 1.24 bits per heavy atom. The maximum atomic E-state index is 12.9. The third-order valence-corrected chi connectivity index (χ3v) is 5.11. The molecule has 0 spiro atoms. The fourth-order valence-electron chi connectivity index (χ4n) is 3.83. The maximum absolute atomic E-state index is 12.9. The molecule has 2 aromatic carbocycles. The van der Waals surface area contributed by atoms with E-state index in [1.165, 1.54) is 0 Å². The molecule has 1 fully saturated rings. The van der Waals surface area contributed by atoms with E-state index in [1.54, 1.807) is 7.11 Å². The summed E-state index contributed by atoms with van der Waals surface area (Å²) in [4.78, 5) is 14.8. The Bertz CT molecular complexity index is 774. The van der Waals surface area contributed by atoms with Crippen molar-refractivity contribution in [2.24, 2.45) is 5.92 Å². The van der Waals surface area contributed by atoms with Gasteiger partial charge in [-0.15, -0.1) is 0 Å². The van der Waals surface area contributed by atoms with Crippen molar-refractivity contribution >= 4 is 5.91 Å². The lowest BCUT2D eigenvalue weighted by Gasteiger charge is -2.23. The van der Waals surface area contributed by atoms with Gasteiger partial charge in [-0.05, 0) is 23.8 Å². The van der Waals surface area contributed by atoms with Crippen molar-refractivity contribution in [3.05, 3.63) is 59.7 Å². The molecule has 1 N–H and O–H groups in total. The van der Waals surface area contributed by atoms with Crippen LogP contribution in [0.3, 0.4) is 0 Å². The van der Waals surface area contributed by atoms with E-state index in [1.807, 2.05) is 53.4 Å². The molecular formula is C20H21NO4. The summed E-state index contributed by atoms with van der Waals surface area (Å²) < 4.78 is 11.2. The van der Waals surface area contributed by atoms with Gasteiger partial charge in [0.15, 0.2) is 0 Å². The first-order chi connectivity index (χ1) is 12.2. The fourth-order valence-corrected chi connectivity index (χ4v) is 3.83. The normalized spacial score (nSPS) is 23.8. The SMILES string of the molecule is COc1ccc(CC(=O)N2C[C@@H](CO)[C@@H]3Oc4ccccc4[C@@H]32)cc1. The summed E-state index contributed by atoms with van der Waals surface area (Å²) in [5.74, 6) is 1.59. The first-order valence-corrected chi connectivity index (χ1v) is 8.50. The second-order valence-corrected chi connectivity index (χ2v) is 6.58. The van der Waals surface area contributed by atoms with Gasteiger partial charge in [0.05, 0.1) is 26.2 Å². The zero-order valence-electron chi connectivity index (χ0n) is 14.1. The van der Waals surface area contributed by atoms with Gasteiger partial charge in [-0.2, -0.15) is 0 Å². The molecule has 5 nitrogen and oxygen atoms in total. The summed E-state index contributed by atoms with van der Waals surface area (Å²) in [6, 6.07) is 15.3. The van der Waals surface area contributed by atoms with Crippen LogP contribution in [0.25, 0.3) is 0 Å². The number of nitrogens with zero attached hydrogens (tertiary/aromatic N) is 1. The third-order valence-electron chi connectivity index (χ3n) is 5.11. The molecule has 0 bridgehead atoms. The van der Waals surface area contributed by atoms with E-state index in [0.717, 1.165) is 22.6 Å². The lowest BCUT2D eigenvalue weighted by atomic mass is 9.99. The molecule has 0 radical (unpaired) electrons. The highest BCUT2D eigenvalue weighted by atomic mass is 16.5. The molecule has 0 unspecified atom stereocenters. The van der Waals surface area contributed by atoms with Gasteiger partial charge in [0.2, 0.25) is 5.91 Å². The van der Waals surface area contributed by atoms with Crippen molar-refractivity contribution in [1.82, 2.24) is 4.90 Å². The largest absolute Gasteiger partial charge is 0.497 e. The van der Waals surface area contributed by atoms with Crippen molar-refractivity contribution in [2.75, 3.05) is 20.3 Å². The topological polar surface area (TPSA) is 59.0 Å². The summed E-state index contributed by atoms with van der Waals surface area (Å²) in [6.07, 6.45) is 0.162. The zero-order chi connectivity index (χ0) is 17.4. The number of carbonyl (C=O) groups excluding carboxylic acids is 1. The first-order valence-electron chi connectivity index (χ1n) is 8.50. The number of hydrogen-bond donors (Lipinski definition) is 1. The van der Waals surface area contributed by atoms with Crippen LogP contribution in [0.4, 0.5) is 0 Å². The summed E-state index contributed by atoms with van der Waals surface area (Å²) >= 11 is 0. The second kappa shape index (κ2) is 6.41. The lowest BCUT2D eigenvalue weighted by molar-refractivity contribution is -0.131. The van der Waals surface area contributed by atoms with Gasteiger partial charge in [0.1, 0.15) is 17.6 Å². The summed E-state index contributed by atoms with van der Waals surface area (Å²) in [5.41, 5.74) is 1.98. The standard InChI is InChI=1S/C20H21NO4/c1-24-15-8-6-13(7-9-15)10-18(23)21-11-14(12-22)20-19(21)16-4-2-3-5-17(16)25-20/h2-9,14,19-20,22H,10-12H2,1H3/t14-,19-,20-/m0/s1. The van der Waals surface area contributed by atoms with Crippen molar-refractivity contribution in [2.45, 2.75) is 18.6 Å². The molecular weight excluding hydrogens is 318 g/mol. The van der Waals surface area contributed by atoms with Gasteiger partial charge in [0, 0.05) is 18.0 Å². The Morgan fingerprint density at radius 2 is 2.00 bits per heavy atom. The highest BCUT2D eigenvalue weighted by Crippen LogP contribution is 2.47. The van der Waals surface area contributed by atoms with Crippen LogP contribution in [0.5, 0.6) is 11.5 Å². The predicted molar refractivity (Wildman–Crippen MR) is 92.6 cm³/mol. The molecule has 130 valence electrons.